The summed E-state index contributed by atoms with van der Waals surface area (Å²) in [7, 11) is 1.52. The molecule has 0 saturated heterocycles. The largest absolute Gasteiger partial charge is 0.495 e. The lowest BCUT2D eigenvalue weighted by Crippen LogP contribution is -2.15. The van der Waals surface area contributed by atoms with Gasteiger partial charge in [-0.3, -0.25) is 4.79 Å². The number of carbonyl (C=O) groups excluding carboxylic acids is 1. The minimum atomic E-state index is -0.208. The second kappa shape index (κ2) is 7.90. The molecule has 0 fully saturated rings. The molecule has 25 heavy (non-hydrogen) atoms. The van der Waals surface area contributed by atoms with Crippen molar-refractivity contribution in [3.05, 3.63) is 40.2 Å². The Balaban J connectivity index is 1.61. The summed E-state index contributed by atoms with van der Waals surface area (Å²) in [4.78, 5) is 13.1. The molecule has 0 unspecified atom stereocenters. The van der Waals surface area contributed by atoms with Crippen LogP contribution >= 0.6 is 34.7 Å². The molecular weight excluding hydrogens is 382 g/mol. The highest BCUT2D eigenvalue weighted by molar-refractivity contribution is 7.99. The van der Waals surface area contributed by atoms with Crippen LogP contribution in [0, 0.1) is 6.92 Å². The van der Waals surface area contributed by atoms with E-state index in [2.05, 4.69) is 15.5 Å². The number of thiophene rings is 1. The number of aromatic nitrogens is 2. The van der Waals surface area contributed by atoms with E-state index in [4.69, 9.17) is 20.8 Å². The van der Waals surface area contributed by atoms with Crippen molar-refractivity contribution >= 4 is 46.3 Å². The van der Waals surface area contributed by atoms with E-state index in [1.807, 2.05) is 24.4 Å². The Hall–Kier alpha value is -2.03. The summed E-state index contributed by atoms with van der Waals surface area (Å²) in [6.45, 7) is 1.86. The van der Waals surface area contributed by atoms with Gasteiger partial charge in [-0.1, -0.05) is 29.4 Å². The molecule has 0 aliphatic carbocycles. The molecule has 3 aromatic rings. The van der Waals surface area contributed by atoms with Crippen molar-refractivity contribution in [3.63, 3.8) is 0 Å². The van der Waals surface area contributed by atoms with E-state index in [0.717, 1.165) is 10.4 Å². The van der Waals surface area contributed by atoms with E-state index in [9.17, 15) is 4.79 Å². The zero-order valence-corrected chi connectivity index (χ0v) is 15.8. The van der Waals surface area contributed by atoms with Gasteiger partial charge in [0.1, 0.15) is 5.75 Å². The molecule has 0 atom stereocenters. The van der Waals surface area contributed by atoms with Crippen LogP contribution < -0.4 is 10.1 Å². The minimum absolute atomic E-state index is 0.136. The van der Waals surface area contributed by atoms with Gasteiger partial charge in [0.05, 0.1) is 23.4 Å². The quantitative estimate of drug-likeness (QED) is 0.619. The average Bonchev–Trinajstić information content (AvgIpc) is 3.27. The van der Waals surface area contributed by atoms with Crippen LogP contribution in [-0.2, 0) is 4.79 Å². The van der Waals surface area contributed by atoms with Gasteiger partial charge in [-0.05, 0) is 30.0 Å². The number of ether oxygens (including phenoxy) is 1. The Morgan fingerprint density at radius 1 is 1.44 bits per heavy atom. The van der Waals surface area contributed by atoms with E-state index < -0.39 is 0 Å². The van der Waals surface area contributed by atoms with Gasteiger partial charge in [-0.15, -0.1) is 21.5 Å². The number of hydrogen-bond acceptors (Lipinski definition) is 7. The van der Waals surface area contributed by atoms with Gasteiger partial charge in [-0.2, -0.15) is 0 Å². The number of nitrogens with one attached hydrogen (secondary N) is 1. The summed E-state index contributed by atoms with van der Waals surface area (Å²) < 4.78 is 10.8. The Morgan fingerprint density at radius 2 is 2.28 bits per heavy atom. The van der Waals surface area contributed by atoms with Crippen molar-refractivity contribution < 1.29 is 13.9 Å². The van der Waals surface area contributed by atoms with Crippen LogP contribution in [0.4, 0.5) is 5.69 Å². The lowest BCUT2D eigenvalue weighted by molar-refractivity contribution is -0.113. The Labute approximate surface area is 157 Å². The molecule has 2 heterocycles. The van der Waals surface area contributed by atoms with Gasteiger partial charge in [-0.25, -0.2) is 0 Å². The van der Waals surface area contributed by atoms with Crippen molar-refractivity contribution in [3.8, 4) is 16.5 Å². The fraction of sp³-hybridized carbons (Fsp3) is 0.188. The maximum absolute atomic E-state index is 12.2. The third-order valence-corrected chi connectivity index (χ3v) is 5.30. The summed E-state index contributed by atoms with van der Waals surface area (Å²) in [5.74, 6) is 0.886. The van der Waals surface area contributed by atoms with E-state index >= 15 is 0 Å². The highest BCUT2D eigenvalue weighted by Gasteiger charge is 2.14. The molecule has 6 nitrogen and oxygen atoms in total. The number of amides is 1. The maximum Gasteiger partial charge on any atom is 0.277 e. The van der Waals surface area contributed by atoms with Crippen LogP contribution in [0.25, 0.3) is 10.8 Å². The van der Waals surface area contributed by atoms with Gasteiger partial charge in [0.25, 0.3) is 11.1 Å². The second-order valence-corrected chi connectivity index (χ2v) is 7.27. The molecule has 0 aliphatic heterocycles. The monoisotopic (exact) mass is 395 g/mol. The van der Waals surface area contributed by atoms with Crippen LogP contribution in [0.15, 0.2) is 39.3 Å². The first kappa shape index (κ1) is 17.8. The number of methoxy groups -OCH3 is 1. The van der Waals surface area contributed by atoms with Crippen LogP contribution in [0.1, 0.15) is 5.56 Å². The molecule has 9 heteroatoms. The van der Waals surface area contributed by atoms with Gasteiger partial charge < -0.3 is 14.5 Å². The normalized spacial score (nSPS) is 10.7. The molecular formula is C16H14ClN3O3S2. The highest BCUT2D eigenvalue weighted by atomic mass is 35.5. The van der Waals surface area contributed by atoms with Gasteiger partial charge in [0, 0.05) is 11.1 Å². The summed E-state index contributed by atoms with van der Waals surface area (Å²) >= 11 is 8.75. The molecule has 130 valence electrons. The Bertz CT molecular complexity index is 881. The fourth-order valence-electron chi connectivity index (χ4n) is 2.01. The van der Waals surface area contributed by atoms with Crippen molar-refractivity contribution in [1.29, 1.82) is 0 Å². The molecule has 0 radical (unpaired) electrons. The van der Waals surface area contributed by atoms with Crippen LogP contribution in [0.5, 0.6) is 5.75 Å². The minimum Gasteiger partial charge on any atom is -0.495 e. The number of anilines is 1. The molecule has 3 rings (SSSR count). The molecule has 1 N–H and O–H groups in total. The molecule has 0 saturated carbocycles. The second-order valence-electron chi connectivity index (χ2n) is 4.99. The smallest absolute Gasteiger partial charge is 0.277 e. The van der Waals surface area contributed by atoms with Gasteiger partial charge in [0.2, 0.25) is 5.91 Å². The van der Waals surface area contributed by atoms with E-state index in [0.29, 0.717) is 27.6 Å². The van der Waals surface area contributed by atoms with E-state index in [1.165, 1.54) is 30.2 Å². The van der Waals surface area contributed by atoms with Gasteiger partial charge in [0.15, 0.2) is 0 Å². The first-order chi connectivity index (χ1) is 12.1. The molecule has 1 amide bonds. The number of nitrogens with zero attached hydrogens (tertiary/aromatic N) is 2. The summed E-state index contributed by atoms with van der Waals surface area (Å²) in [6.07, 6.45) is 0. The highest BCUT2D eigenvalue weighted by Crippen LogP contribution is 2.31. The predicted octanol–water partition coefficient (Wildman–Crippen LogP) is 4.50. The van der Waals surface area contributed by atoms with E-state index in [1.54, 1.807) is 12.1 Å². The third kappa shape index (κ3) is 4.33. The lowest BCUT2D eigenvalue weighted by atomic mass is 10.2. The predicted molar refractivity (Wildman–Crippen MR) is 99.7 cm³/mol. The maximum atomic E-state index is 12.2. The average molecular weight is 396 g/mol. The van der Waals surface area contributed by atoms with Crippen molar-refractivity contribution in [2.24, 2.45) is 0 Å². The topological polar surface area (TPSA) is 77.2 Å². The van der Waals surface area contributed by atoms with Crippen LogP contribution in [-0.4, -0.2) is 29.0 Å². The number of benzene rings is 1. The first-order valence-corrected chi connectivity index (χ1v) is 9.45. The zero-order chi connectivity index (χ0) is 17.8. The van der Waals surface area contributed by atoms with Crippen molar-refractivity contribution in [2.75, 3.05) is 18.2 Å². The Kier molecular flexibility index (Phi) is 5.62. The first-order valence-electron chi connectivity index (χ1n) is 7.21. The Morgan fingerprint density at radius 3 is 3.00 bits per heavy atom. The molecule has 2 aromatic heterocycles. The molecule has 0 bridgehead atoms. The number of hydrogen-bond donors (Lipinski definition) is 1. The summed E-state index contributed by atoms with van der Waals surface area (Å²) in [5.41, 5.74) is 1.42. The van der Waals surface area contributed by atoms with Gasteiger partial charge >= 0.3 is 0 Å². The third-order valence-electron chi connectivity index (χ3n) is 3.22. The lowest BCUT2D eigenvalue weighted by Gasteiger charge is -2.11. The molecule has 0 spiro atoms. The van der Waals surface area contributed by atoms with E-state index in [-0.39, 0.29) is 11.7 Å². The summed E-state index contributed by atoms with van der Waals surface area (Å²) in [6, 6.07) is 7.25. The zero-order valence-electron chi connectivity index (χ0n) is 13.4. The number of halogens is 1. The SMILES string of the molecule is COc1cc(Cl)c(C)cc1NC(=O)CSc1nnc(-c2cccs2)o1. The van der Waals surface area contributed by atoms with Crippen molar-refractivity contribution in [1.82, 2.24) is 10.2 Å². The van der Waals surface area contributed by atoms with Crippen LogP contribution in [0.2, 0.25) is 5.02 Å². The number of aryl methyl sites for hydroxylation is 1. The van der Waals surface area contributed by atoms with Crippen LogP contribution in [0.3, 0.4) is 0 Å². The number of rotatable bonds is 6. The molecule has 0 aliphatic rings. The standard InChI is InChI=1S/C16H14ClN3O3S2/c1-9-6-11(12(22-2)7-10(9)17)18-14(21)8-25-16-20-19-15(23-16)13-4-3-5-24-13/h3-7H,8H2,1-2H3,(H,18,21). The number of thioether (sulfide) groups is 1. The molecule has 1 aromatic carbocycles. The summed E-state index contributed by atoms with van der Waals surface area (Å²) in [5, 5.41) is 13.6. The van der Waals surface area contributed by atoms with Crippen molar-refractivity contribution in [2.45, 2.75) is 12.1 Å². The fourth-order valence-corrected chi connectivity index (χ4v) is 3.37. The number of carbonyl (C=O) groups is 1.